The summed E-state index contributed by atoms with van der Waals surface area (Å²) in [6.07, 6.45) is 0.988. The molecule has 3 amide bonds. The third-order valence-electron chi connectivity index (χ3n) is 5.29. The fourth-order valence-corrected chi connectivity index (χ4v) is 6.02. The lowest BCUT2D eigenvalue weighted by molar-refractivity contribution is -0.122. The minimum absolute atomic E-state index is 0.0824. The molecular formula is C23H19Cl2N3O6S. The van der Waals surface area contributed by atoms with E-state index in [1.54, 1.807) is 12.1 Å². The molecule has 9 nitrogen and oxygen atoms in total. The number of rotatable bonds is 7. The molecule has 4 rings (SSSR count). The Hall–Kier alpha value is -3.18. The van der Waals surface area contributed by atoms with Gasteiger partial charge in [0.25, 0.3) is 5.91 Å². The standard InChI is InChI=1S/C23H19Cl2N3O6S/c1-14(29)26-16-5-7-17(8-6-16)28-22(30)12-20(23(28)31)27(13-18-3-2-10-34-18)35(32,33)21-11-15(24)4-9-19(21)25/h2-11,20H,12-13H2,1H3,(H,26,29). The number of imide groups is 1. The SMILES string of the molecule is CC(=O)Nc1ccc(N2C(=O)CC(N(Cc3ccco3)S(=O)(=O)c3cc(Cl)ccc3Cl)C2=O)cc1. The Balaban J connectivity index is 1.71. The van der Waals surface area contributed by atoms with Gasteiger partial charge >= 0.3 is 0 Å². The van der Waals surface area contributed by atoms with Gasteiger partial charge in [-0.3, -0.25) is 14.4 Å². The normalized spacial score (nSPS) is 16.2. The second-order valence-corrected chi connectivity index (χ2v) is 10.4. The van der Waals surface area contributed by atoms with E-state index in [-0.39, 0.29) is 45.3 Å². The van der Waals surface area contributed by atoms with Crippen LogP contribution in [0.1, 0.15) is 19.1 Å². The van der Waals surface area contributed by atoms with Gasteiger partial charge in [-0.2, -0.15) is 4.31 Å². The highest BCUT2D eigenvalue weighted by Gasteiger charge is 2.47. The molecule has 3 aromatic rings. The summed E-state index contributed by atoms with van der Waals surface area (Å²) < 4.78 is 33.6. The Morgan fingerprint density at radius 1 is 1.14 bits per heavy atom. The summed E-state index contributed by atoms with van der Waals surface area (Å²) in [6, 6.07) is 11.8. The predicted molar refractivity (Wildman–Crippen MR) is 130 cm³/mol. The number of anilines is 2. The first-order valence-electron chi connectivity index (χ1n) is 10.3. The summed E-state index contributed by atoms with van der Waals surface area (Å²) in [6.45, 7) is 1.05. The molecule has 1 saturated heterocycles. The van der Waals surface area contributed by atoms with Crippen molar-refractivity contribution >= 4 is 62.3 Å². The first-order valence-corrected chi connectivity index (χ1v) is 12.5. The number of halogens is 2. The van der Waals surface area contributed by atoms with Gasteiger partial charge < -0.3 is 9.73 Å². The van der Waals surface area contributed by atoms with Crippen molar-refractivity contribution in [2.75, 3.05) is 10.2 Å². The second-order valence-electron chi connectivity index (χ2n) is 7.72. The number of hydrogen-bond acceptors (Lipinski definition) is 6. The fraction of sp³-hybridized carbons (Fsp3) is 0.174. The molecule has 2 aromatic carbocycles. The van der Waals surface area contributed by atoms with E-state index in [1.165, 1.54) is 55.7 Å². The lowest BCUT2D eigenvalue weighted by atomic mass is 10.2. The van der Waals surface area contributed by atoms with Crippen LogP contribution in [0, 0.1) is 0 Å². The zero-order valence-corrected chi connectivity index (χ0v) is 20.6. The molecule has 2 heterocycles. The molecule has 35 heavy (non-hydrogen) atoms. The molecular weight excluding hydrogens is 517 g/mol. The molecule has 1 N–H and O–H groups in total. The highest BCUT2D eigenvalue weighted by molar-refractivity contribution is 7.89. The van der Waals surface area contributed by atoms with Crippen molar-refractivity contribution in [3.05, 3.63) is 76.7 Å². The quantitative estimate of drug-likeness (QED) is 0.455. The third kappa shape index (κ3) is 5.10. The van der Waals surface area contributed by atoms with Gasteiger partial charge in [0.05, 0.1) is 29.9 Å². The summed E-state index contributed by atoms with van der Waals surface area (Å²) in [5.74, 6) is -1.31. The number of amides is 3. The van der Waals surface area contributed by atoms with Crippen molar-refractivity contribution in [2.45, 2.75) is 30.8 Å². The van der Waals surface area contributed by atoms with Gasteiger partial charge in [0, 0.05) is 17.6 Å². The average molecular weight is 536 g/mol. The van der Waals surface area contributed by atoms with Crippen molar-refractivity contribution < 1.29 is 27.2 Å². The molecule has 182 valence electrons. The predicted octanol–water partition coefficient (Wildman–Crippen LogP) is 4.07. The summed E-state index contributed by atoms with van der Waals surface area (Å²) in [7, 11) is -4.39. The summed E-state index contributed by atoms with van der Waals surface area (Å²) in [5.41, 5.74) is 0.724. The molecule has 12 heteroatoms. The number of nitrogens with one attached hydrogen (secondary N) is 1. The minimum Gasteiger partial charge on any atom is -0.468 e. The third-order valence-corrected chi connectivity index (χ3v) is 7.86. The van der Waals surface area contributed by atoms with E-state index in [9.17, 15) is 22.8 Å². The number of nitrogens with zero attached hydrogens (tertiary/aromatic N) is 2. The van der Waals surface area contributed by atoms with Gasteiger partial charge in [-0.25, -0.2) is 13.3 Å². The van der Waals surface area contributed by atoms with Gasteiger partial charge in [0.15, 0.2) is 0 Å². The maximum atomic E-state index is 13.7. The zero-order chi connectivity index (χ0) is 25.3. The molecule has 1 atom stereocenters. The van der Waals surface area contributed by atoms with Crippen LogP contribution in [0.2, 0.25) is 10.0 Å². The monoisotopic (exact) mass is 535 g/mol. The Kier molecular flexibility index (Phi) is 7.00. The summed E-state index contributed by atoms with van der Waals surface area (Å²) in [5, 5.41) is 2.65. The van der Waals surface area contributed by atoms with Crippen LogP contribution in [0.5, 0.6) is 0 Å². The smallest absolute Gasteiger partial charge is 0.252 e. The Bertz CT molecular complexity index is 1390. The number of hydrogen-bond donors (Lipinski definition) is 1. The highest BCUT2D eigenvalue weighted by Crippen LogP contribution is 2.34. The molecule has 0 spiro atoms. The van der Waals surface area contributed by atoms with Crippen molar-refractivity contribution in [1.29, 1.82) is 0 Å². The lowest BCUT2D eigenvalue weighted by Gasteiger charge is -2.26. The van der Waals surface area contributed by atoms with Gasteiger partial charge in [-0.05, 0) is 54.6 Å². The van der Waals surface area contributed by atoms with Crippen molar-refractivity contribution in [1.82, 2.24) is 4.31 Å². The van der Waals surface area contributed by atoms with Crippen LogP contribution in [-0.2, 0) is 31.0 Å². The molecule has 0 saturated carbocycles. The van der Waals surface area contributed by atoms with E-state index in [0.717, 1.165) is 9.21 Å². The van der Waals surface area contributed by atoms with Gasteiger partial charge in [0.2, 0.25) is 21.8 Å². The summed E-state index contributed by atoms with van der Waals surface area (Å²) in [4.78, 5) is 38.2. The number of carbonyl (C=O) groups is 3. The number of sulfonamides is 1. The van der Waals surface area contributed by atoms with Crippen molar-refractivity contribution in [3.63, 3.8) is 0 Å². The number of furan rings is 1. The average Bonchev–Trinajstić information content (AvgIpc) is 3.41. The topological polar surface area (TPSA) is 117 Å². The molecule has 0 radical (unpaired) electrons. The zero-order valence-electron chi connectivity index (χ0n) is 18.3. The van der Waals surface area contributed by atoms with Crippen molar-refractivity contribution in [2.24, 2.45) is 0 Å². The van der Waals surface area contributed by atoms with E-state index < -0.39 is 27.9 Å². The van der Waals surface area contributed by atoms with Crippen LogP contribution in [-0.4, -0.2) is 36.5 Å². The molecule has 1 unspecified atom stereocenters. The second kappa shape index (κ2) is 9.82. The molecule has 1 aromatic heterocycles. The summed E-state index contributed by atoms with van der Waals surface area (Å²) >= 11 is 12.2. The molecule has 1 aliphatic heterocycles. The van der Waals surface area contributed by atoms with Crippen molar-refractivity contribution in [3.8, 4) is 0 Å². The van der Waals surface area contributed by atoms with Gasteiger partial charge in [-0.1, -0.05) is 23.2 Å². The van der Waals surface area contributed by atoms with Crippen LogP contribution in [0.4, 0.5) is 11.4 Å². The van der Waals surface area contributed by atoms with Crippen LogP contribution in [0.3, 0.4) is 0 Å². The largest absolute Gasteiger partial charge is 0.468 e. The first kappa shape index (κ1) is 24.9. The highest BCUT2D eigenvalue weighted by atomic mass is 35.5. The van der Waals surface area contributed by atoms with Crippen LogP contribution in [0.15, 0.2) is 70.2 Å². The molecule has 0 aliphatic carbocycles. The van der Waals surface area contributed by atoms with E-state index in [4.69, 9.17) is 27.6 Å². The van der Waals surface area contributed by atoms with E-state index >= 15 is 0 Å². The first-order chi connectivity index (χ1) is 16.6. The van der Waals surface area contributed by atoms with Crippen LogP contribution >= 0.6 is 23.2 Å². The molecule has 1 fully saturated rings. The fourth-order valence-electron chi connectivity index (χ4n) is 3.73. The Labute approximate surface area is 211 Å². The molecule has 0 bridgehead atoms. The Morgan fingerprint density at radius 2 is 1.86 bits per heavy atom. The maximum absolute atomic E-state index is 13.7. The van der Waals surface area contributed by atoms with E-state index in [0.29, 0.717) is 5.69 Å². The molecule has 1 aliphatic rings. The number of carbonyl (C=O) groups excluding carboxylic acids is 3. The van der Waals surface area contributed by atoms with Crippen LogP contribution < -0.4 is 10.2 Å². The minimum atomic E-state index is -4.39. The van der Waals surface area contributed by atoms with Gasteiger partial charge in [-0.15, -0.1) is 0 Å². The lowest BCUT2D eigenvalue weighted by Crippen LogP contribution is -2.45. The van der Waals surface area contributed by atoms with Gasteiger partial charge in [0.1, 0.15) is 16.7 Å². The Morgan fingerprint density at radius 3 is 2.49 bits per heavy atom. The maximum Gasteiger partial charge on any atom is 0.252 e. The van der Waals surface area contributed by atoms with E-state index in [1.807, 2.05) is 0 Å². The number of benzene rings is 2. The van der Waals surface area contributed by atoms with Crippen LogP contribution in [0.25, 0.3) is 0 Å². The van der Waals surface area contributed by atoms with E-state index in [2.05, 4.69) is 5.32 Å².